The first-order valence-corrected chi connectivity index (χ1v) is 6.68. The molecular weight excluding hydrogens is 228 g/mol. The molecule has 0 saturated carbocycles. The van der Waals surface area contributed by atoms with Crippen LogP contribution in [0.15, 0.2) is 18.2 Å². The van der Waals surface area contributed by atoms with Crippen molar-refractivity contribution in [2.75, 3.05) is 6.61 Å². The number of benzene rings is 1. The standard InChI is InChI=1S/C15H22O3/c1-11-13(6-5-7-14(11)12(2)16)10-18-15-8-3-4-9-17-15/h5-7,12,15-16H,3-4,8-10H2,1-2H3. The smallest absolute Gasteiger partial charge is 0.158 e. The zero-order valence-electron chi connectivity index (χ0n) is 11.2. The monoisotopic (exact) mass is 250 g/mol. The SMILES string of the molecule is Cc1c(COC2CCCCO2)cccc1C(C)O. The number of hydrogen-bond acceptors (Lipinski definition) is 3. The molecule has 2 rings (SSSR count). The molecule has 0 bridgehead atoms. The Labute approximate surface area is 109 Å². The molecule has 0 aromatic heterocycles. The molecule has 1 aromatic carbocycles. The van der Waals surface area contributed by atoms with Crippen molar-refractivity contribution in [2.45, 2.75) is 52.1 Å². The largest absolute Gasteiger partial charge is 0.389 e. The van der Waals surface area contributed by atoms with Crippen molar-refractivity contribution in [1.29, 1.82) is 0 Å². The minimum Gasteiger partial charge on any atom is -0.389 e. The van der Waals surface area contributed by atoms with Crippen LogP contribution in [0.25, 0.3) is 0 Å². The highest BCUT2D eigenvalue weighted by Gasteiger charge is 2.15. The maximum absolute atomic E-state index is 9.68. The third kappa shape index (κ3) is 3.31. The Kier molecular flexibility index (Phi) is 4.75. The summed E-state index contributed by atoms with van der Waals surface area (Å²) >= 11 is 0. The molecule has 1 N–H and O–H groups in total. The summed E-state index contributed by atoms with van der Waals surface area (Å²) in [6, 6.07) is 5.97. The van der Waals surface area contributed by atoms with E-state index >= 15 is 0 Å². The van der Waals surface area contributed by atoms with E-state index in [-0.39, 0.29) is 6.29 Å². The first kappa shape index (κ1) is 13.5. The third-order valence-electron chi connectivity index (χ3n) is 3.50. The van der Waals surface area contributed by atoms with E-state index in [0.717, 1.165) is 36.1 Å². The molecule has 1 fully saturated rings. The Bertz CT molecular complexity index is 381. The van der Waals surface area contributed by atoms with Crippen molar-refractivity contribution in [3.05, 3.63) is 34.9 Å². The summed E-state index contributed by atoms with van der Waals surface area (Å²) in [5.41, 5.74) is 3.21. The van der Waals surface area contributed by atoms with Gasteiger partial charge in [-0.2, -0.15) is 0 Å². The van der Waals surface area contributed by atoms with Crippen molar-refractivity contribution < 1.29 is 14.6 Å². The van der Waals surface area contributed by atoms with E-state index in [1.165, 1.54) is 6.42 Å². The Morgan fingerprint density at radius 1 is 1.44 bits per heavy atom. The zero-order chi connectivity index (χ0) is 13.0. The lowest BCUT2D eigenvalue weighted by Gasteiger charge is -2.23. The van der Waals surface area contributed by atoms with Crippen LogP contribution in [0.2, 0.25) is 0 Å². The molecule has 2 unspecified atom stereocenters. The topological polar surface area (TPSA) is 38.7 Å². The number of rotatable bonds is 4. The van der Waals surface area contributed by atoms with Crippen LogP contribution < -0.4 is 0 Å². The molecule has 0 amide bonds. The summed E-state index contributed by atoms with van der Waals surface area (Å²) in [4.78, 5) is 0. The molecule has 1 heterocycles. The van der Waals surface area contributed by atoms with Crippen molar-refractivity contribution >= 4 is 0 Å². The normalized spacial score (nSPS) is 21.8. The van der Waals surface area contributed by atoms with Gasteiger partial charge in [-0.15, -0.1) is 0 Å². The number of aliphatic hydroxyl groups excluding tert-OH is 1. The van der Waals surface area contributed by atoms with E-state index in [4.69, 9.17) is 9.47 Å². The molecule has 2 atom stereocenters. The van der Waals surface area contributed by atoms with Crippen LogP contribution in [0, 0.1) is 6.92 Å². The summed E-state index contributed by atoms with van der Waals surface area (Å²) in [7, 11) is 0. The quantitative estimate of drug-likeness (QED) is 0.892. The predicted octanol–water partition coefficient (Wildman–Crippen LogP) is 3.09. The van der Waals surface area contributed by atoms with Gasteiger partial charge in [0.25, 0.3) is 0 Å². The second-order valence-corrected chi connectivity index (χ2v) is 4.91. The minimum atomic E-state index is -0.434. The summed E-state index contributed by atoms with van der Waals surface area (Å²) in [5.74, 6) is 0. The van der Waals surface area contributed by atoms with E-state index in [2.05, 4.69) is 0 Å². The van der Waals surface area contributed by atoms with Gasteiger partial charge in [0, 0.05) is 6.61 Å². The minimum absolute atomic E-state index is 0.0617. The van der Waals surface area contributed by atoms with E-state index < -0.39 is 6.10 Å². The maximum Gasteiger partial charge on any atom is 0.158 e. The van der Waals surface area contributed by atoms with Gasteiger partial charge in [-0.05, 0) is 49.8 Å². The summed E-state index contributed by atoms with van der Waals surface area (Å²) in [6.45, 7) is 5.17. The number of aliphatic hydroxyl groups is 1. The Balaban J connectivity index is 1.98. The first-order valence-electron chi connectivity index (χ1n) is 6.68. The summed E-state index contributed by atoms with van der Waals surface area (Å²) in [6.07, 6.45) is 2.80. The molecule has 100 valence electrons. The van der Waals surface area contributed by atoms with Crippen LogP contribution in [0.4, 0.5) is 0 Å². The highest BCUT2D eigenvalue weighted by atomic mass is 16.7. The van der Waals surface area contributed by atoms with Gasteiger partial charge >= 0.3 is 0 Å². The van der Waals surface area contributed by atoms with Gasteiger partial charge in [0.1, 0.15) is 0 Å². The van der Waals surface area contributed by atoms with Crippen molar-refractivity contribution in [1.82, 2.24) is 0 Å². The first-order chi connectivity index (χ1) is 8.68. The van der Waals surface area contributed by atoms with Crippen LogP contribution in [0.5, 0.6) is 0 Å². The molecule has 0 spiro atoms. The number of hydrogen-bond donors (Lipinski definition) is 1. The Morgan fingerprint density at radius 2 is 2.28 bits per heavy atom. The van der Waals surface area contributed by atoms with Gasteiger partial charge in [-0.1, -0.05) is 18.2 Å². The van der Waals surface area contributed by atoms with Gasteiger partial charge in [0.05, 0.1) is 12.7 Å². The lowest BCUT2D eigenvalue weighted by atomic mass is 9.99. The summed E-state index contributed by atoms with van der Waals surface area (Å²) in [5, 5.41) is 9.68. The Morgan fingerprint density at radius 3 is 2.94 bits per heavy atom. The van der Waals surface area contributed by atoms with Crippen molar-refractivity contribution in [3.63, 3.8) is 0 Å². The number of ether oxygens (including phenoxy) is 2. The molecule has 1 aromatic rings. The van der Waals surface area contributed by atoms with Gasteiger partial charge in [-0.3, -0.25) is 0 Å². The van der Waals surface area contributed by atoms with E-state index in [1.54, 1.807) is 6.92 Å². The molecule has 1 aliphatic heterocycles. The lowest BCUT2D eigenvalue weighted by Crippen LogP contribution is -2.22. The molecule has 0 radical (unpaired) electrons. The van der Waals surface area contributed by atoms with Crippen LogP contribution in [0.1, 0.15) is 49.0 Å². The molecule has 3 heteroatoms. The molecule has 1 aliphatic rings. The highest BCUT2D eigenvalue weighted by molar-refractivity contribution is 5.34. The Hall–Kier alpha value is -0.900. The fourth-order valence-corrected chi connectivity index (χ4v) is 2.34. The van der Waals surface area contributed by atoms with Crippen molar-refractivity contribution in [2.24, 2.45) is 0 Å². The molecule has 1 saturated heterocycles. The van der Waals surface area contributed by atoms with Crippen LogP contribution in [-0.4, -0.2) is 18.0 Å². The average Bonchev–Trinajstić information content (AvgIpc) is 2.38. The maximum atomic E-state index is 9.68. The van der Waals surface area contributed by atoms with Gasteiger partial charge in [-0.25, -0.2) is 0 Å². The molecule has 18 heavy (non-hydrogen) atoms. The third-order valence-corrected chi connectivity index (χ3v) is 3.50. The molecular formula is C15H22O3. The highest BCUT2D eigenvalue weighted by Crippen LogP contribution is 2.22. The van der Waals surface area contributed by atoms with Gasteiger partial charge < -0.3 is 14.6 Å². The van der Waals surface area contributed by atoms with Gasteiger partial charge in [0.2, 0.25) is 0 Å². The van der Waals surface area contributed by atoms with Crippen LogP contribution >= 0.6 is 0 Å². The summed E-state index contributed by atoms with van der Waals surface area (Å²) < 4.78 is 11.3. The van der Waals surface area contributed by atoms with E-state index in [9.17, 15) is 5.11 Å². The van der Waals surface area contributed by atoms with Crippen LogP contribution in [-0.2, 0) is 16.1 Å². The zero-order valence-corrected chi connectivity index (χ0v) is 11.2. The fourth-order valence-electron chi connectivity index (χ4n) is 2.34. The fraction of sp³-hybridized carbons (Fsp3) is 0.600. The molecule has 3 nitrogen and oxygen atoms in total. The van der Waals surface area contributed by atoms with E-state index in [1.807, 2.05) is 25.1 Å². The average molecular weight is 250 g/mol. The van der Waals surface area contributed by atoms with E-state index in [0.29, 0.717) is 6.61 Å². The second kappa shape index (κ2) is 6.32. The molecule has 0 aliphatic carbocycles. The lowest BCUT2D eigenvalue weighted by molar-refractivity contribution is -0.169. The van der Waals surface area contributed by atoms with Crippen molar-refractivity contribution in [3.8, 4) is 0 Å². The van der Waals surface area contributed by atoms with Gasteiger partial charge in [0.15, 0.2) is 6.29 Å². The second-order valence-electron chi connectivity index (χ2n) is 4.91. The predicted molar refractivity (Wildman–Crippen MR) is 70.2 cm³/mol. The van der Waals surface area contributed by atoms with Crippen LogP contribution in [0.3, 0.4) is 0 Å².